The van der Waals surface area contributed by atoms with E-state index in [0.29, 0.717) is 19.3 Å². The molecule has 0 heterocycles. The van der Waals surface area contributed by atoms with Crippen LogP contribution in [0.15, 0.2) is 12.7 Å². The summed E-state index contributed by atoms with van der Waals surface area (Å²) in [6.45, 7) is 5.57. The lowest BCUT2D eigenvalue weighted by molar-refractivity contribution is -0.218. The fraction of sp³-hybridized carbons (Fsp3) is 0.688. The molecule has 4 nitrogen and oxygen atoms in total. The summed E-state index contributed by atoms with van der Waals surface area (Å²) in [6.07, 6.45) is 5.30. The number of nitrogens with zero attached hydrogens (tertiary/aromatic N) is 2. The van der Waals surface area contributed by atoms with E-state index in [1.807, 2.05) is 0 Å². The molecule has 2 atom stereocenters. The number of esters is 1. The van der Waals surface area contributed by atoms with Crippen molar-refractivity contribution in [2.45, 2.75) is 51.0 Å². The molecule has 4 bridgehead atoms. The summed E-state index contributed by atoms with van der Waals surface area (Å²) in [5.41, 5.74) is -1.76. The van der Waals surface area contributed by atoms with Crippen molar-refractivity contribution in [3.05, 3.63) is 12.7 Å². The topological polar surface area (TPSA) is 73.9 Å². The fourth-order valence-corrected chi connectivity index (χ4v) is 5.64. The van der Waals surface area contributed by atoms with Crippen LogP contribution in [0.1, 0.15) is 45.4 Å². The molecule has 2 unspecified atom stereocenters. The highest BCUT2D eigenvalue weighted by Gasteiger charge is 2.69. The van der Waals surface area contributed by atoms with Gasteiger partial charge in [0.25, 0.3) is 0 Å². The molecule has 0 aliphatic heterocycles. The normalized spacial score (nSPS) is 48.1. The van der Waals surface area contributed by atoms with Crippen molar-refractivity contribution in [2.75, 3.05) is 0 Å². The van der Waals surface area contributed by atoms with Gasteiger partial charge in [0.05, 0.1) is 23.0 Å². The summed E-state index contributed by atoms with van der Waals surface area (Å²) in [7, 11) is 0. The number of rotatable bonds is 2. The molecular weight excluding hydrogens is 252 g/mol. The van der Waals surface area contributed by atoms with Crippen molar-refractivity contribution in [3.8, 4) is 12.1 Å². The van der Waals surface area contributed by atoms with Crippen LogP contribution in [0.5, 0.6) is 0 Å². The van der Waals surface area contributed by atoms with Gasteiger partial charge in [0.1, 0.15) is 5.60 Å². The molecule has 0 amide bonds. The van der Waals surface area contributed by atoms with E-state index in [1.54, 1.807) is 0 Å². The first kappa shape index (κ1) is 13.2. The van der Waals surface area contributed by atoms with Crippen LogP contribution in [0.25, 0.3) is 0 Å². The number of nitriles is 2. The Hall–Kier alpha value is -1.81. The largest absolute Gasteiger partial charge is 0.456 e. The van der Waals surface area contributed by atoms with Crippen molar-refractivity contribution in [3.63, 3.8) is 0 Å². The summed E-state index contributed by atoms with van der Waals surface area (Å²) in [4.78, 5) is 11.7. The maximum atomic E-state index is 11.7. The average Bonchev–Trinajstić information content (AvgIpc) is 2.35. The lowest BCUT2D eigenvalue weighted by Crippen LogP contribution is -2.64. The monoisotopic (exact) mass is 270 g/mol. The Bertz CT molecular complexity index is 550. The minimum atomic E-state index is -0.653. The molecule has 0 aromatic rings. The van der Waals surface area contributed by atoms with Gasteiger partial charge in [-0.3, -0.25) is 0 Å². The minimum Gasteiger partial charge on any atom is -0.456 e. The Morgan fingerprint density at radius 1 is 1.10 bits per heavy atom. The zero-order valence-electron chi connectivity index (χ0n) is 11.7. The van der Waals surface area contributed by atoms with Crippen molar-refractivity contribution < 1.29 is 9.53 Å². The van der Waals surface area contributed by atoms with Gasteiger partial charge in [-0.1, -0.05) is 13.5 Å². The van der Waals surface area contributed by atoms with E-state index in [-0.39, 0.29) is 5.41 Å². The first-order valence-corrected chi connectivity index (χ1v) is 7.00. The smallest absolute Gasteiger partial charge is 0.330 e. The lowest BCUT2D eigenvalue weighted by Gasteiger charge is -2.65. The van der Waals surface area contributed by atoms with Crippen molar-refractivity contribution in [2.24, 2.45) is 16.2 Å². The van der Waals surface area contributed by atoms with E-state index in [9.17, 15) is 15.3 Å². The van der Waals surface area contributed by atoms with Crippen LogP contribution in [0.4, 0.5) is 0 Å². The second-order valence-corrected chi connectivity index (χ2v) is 7.46. The van der Waals surface area contributed by atoms with Crippen LogP contribution >= 0.6 is 0 Å². The number of carbonyl (C=O) groups excluding carboxylic acids is 1. The number of carbonyl (C=O) groups is 1. The third-order valence-electron chi connectivity index (χ3n) is 5.24. The van der Waals surface area contributed by atoms with Crippen molar-refractivity contribution >= 4 is 5.97 Å². The molecule has 4 heteroatoms. The first-order valence-electron chi connectivity index (χ1n) is 7.00. The summed E-state index contributed by atoms with van der Waals surface area (Å²) in [5.74, 6) is -0.447. The van der Waals surface area contributed by atoms with Crippen molar-refractivity contribution in [1.29, 1.82) is 10.5 Å². The van der Waals surface area contributed by atoms with Crippen LogP contribution in [0, 0.1) is 38.9 Å². The predicted molar refractivity (Wildman–Crippen MR) is 70.9 cm³/mol. The fourth-order valence-electron chi connectivity index (χ4n) is 5.64. The maximum Gasteiger partial charge on any atom is 0.330 e. The molecule has 0 radical (unpaired) electrons. The van der Waals surface area contributed by atoms with Gasteiger partial charge in [0, 0.05) is 18.9 Å². The molecule has 0 saturated heterocycles. The lowest BCUT2D eigenvalue weighted by atomic mass is 9.39. The molecular formula is C16H18N2O2. The van der Waals surface area contributed by atoms with E-state index >= 15 is 0 Å². The van der Waals surface area contributed by atoms with Gasteiger partial charge in [-0.2, -0.15) is 10.5 Å². The highest BCUT2D eigenvalue weighted by molar-refractivity contribution is 5.81. The van der Waals surface area contributed by atoms with E-state index in [1.165, 1.54) is 6.08 Å². The van der Waals surface area contributed by atoms with Gasteiger partial charge >= 0.3 is 5.97 Å². The maximum absolute atomic E-state index is 11.7. The van der Waals surface area contributed by atoms with Crippen LogP contribution in [-0.4, -0.2) is 11.6 Å². The van der Waals surface area contributed by atoms with Gasteiger partial charge in [-0.15, -0.1) is 0 Å². The number of hydrogen-bond donors (Lipinski definition) is 0. The Morgan fingerprint density at radius 2 is 1.65 bits per heavy atom. The summed E-state index contributed by atoms with van der Waals surface area (Å²) < 4.78 is 5.66. The first-order chi connectivity index (χ1) is 9.32. The van der Waals surface area contributed by atoms with E-state index in [0.717, 1.165) is 19.3 Å². The summed E-state index contributed by atoms with van der Waals surface area (Å²) in [5, 5.41) is 19.3. The third-order valence-corrected chi connectivity index (χ3v) is 5.24. The Morgan fingerprint density at radius 3 is 2.10 bits per heavy atom. The van der Waals surface area contributed by atoms with Crippen LogP contribution < -0.4 is 0 Å². The molecule has 4 saturated carbocycles. The molecule has 4 rings (SSSR count). The van der Waals surface area contributed by atoms with Crippen molar-refractivity contribution in [1.82, 2.24) is 0 Å². The quantitative estimate of drug-likeness (QED) is 0.571. The van der Waals surface area contributed by atoms with Gasteiger partial charge in [-0.25, -0.2) is 4.79 Å². The SMILES string of the molecule is C=CC(=O)OC12CC3(C)CC(C#N)(CC(C#N)(C3)C1)C2. The zero-order chi connectivity index (χ0) is 14.6. The number of hydrogen-bond acceptors (Lipinski definition) is 4. The predicted octanol–water partition coefficient (Wildman–Crippen LogP) is 2.86. The van der Waals surface area contributed by atoms with Gasteiger partial charge in [0.2, 0.25) is 0 Å². The second kappa shape index (κ2) is 3.64. The van der Waals surface area contributed by atoms with E-state index < -0.39 is 22.4 Å². The third kappa shape index (κ3) is 1.68. The Kier molecular flexibility index (Phi) is 2.40. The molecule has 104 valence electrons. The van der Waals surface area contributed by atoms with Gasteiger partial charge in [0.15, 0.2) is 0 Å². The average molecular weight is 270 g/mol. The molecule has 20 heavy (non-hydrogen) atoms. The zero-order valence-corrected chi connectivity index (χ0v) is 11.7. The highest BCUT2D eigenvalue weighted by Crippen LogP contribution is 2.71. The molecule has 0 aromatic heterocycles. The molecule has 0 N–H and O–H groups in total. The highest BCUT2D eigenvalue weighted by atomic mass is 16.6. The van der Waals surface area contributed by atoms with Crippen LogP contribution in [0.2, 0.25) is 0 Å². The molecule has 4 aliphatic rings. The van der Waals surface area contributed by atoms with E-state index in [4.69, 9.17) is 4.74 Å². The van der Waals surface area contributed by atoms with Gasteiger partial charge in [-0.05, 0) is 31.1 Å². The summed E-state index contributed by atoms with van der Waals surface area (Å²) >= 11 is 0. The second-order valence-electron chi connectivity index (χ2n) is 7.46. The van der Waals surface area contributed by atoms with E-state index in [2.05, 4.69) is 25.6 Å². The summed E-state index contributed by atoms with van der Waals surface area (Å²) in [6, 6.07) is 4.88. The molecule has 0 aromatic carbocycles. The van der Waals surface area contributed by atoms with Crippen LogP contribution in [-0.2, 0) is 9.53 Å². The minimum absolute atomic E-state index is 0.0817. The Labute approximate surface area is 119 Å². The Balaban J connectivity index is 2.07. The standard InChI is InChI=1S/C16H18N2O2/c1-3-12(19)20-16-6-13(2)4-14(8-16,10-17)7-15(5-13,9-16)11-18/h3H,1,4-9H2,2H3. The molecule has 4 fully saturated rings. The molecule has 4 aliphatic carbocycles. The number of ether oxygens (including phenoxy) is 1. The van der Waals surface area contributed by atoms with Crippen LogP contribution in [0.3, 0.4) is 0 Å². The van der Waals surface area contributed by atoms with Gasteiger partial charge < -0.3 is 4.74 Å². The molecule has 0 spiro atoms.